The monoisotopic (exact) mass is 462 g/mol. The molecule has 5 nitrogen and oxygen atoms in total. The fourth-order valence-electron chi connectivity index (χ4n) is 2.82. The molecular formula is C23H18ClF3N2O3. The Hall–Kier alpha value is -3.52. The van der Waals surface area contributed by atoms with Crippen molar-refractivity contribution in [2.75, 3.05) is 5.32 Å². The Bertz CT molecular complexity index is 1130. The van der Waals surface area contributed by atoms with Gasteiger partial charge in [0.25, 0.3) is 5.91 Å². The van der Waals surface area contributed by atoms with E-state index in [9.17, 15) is 22.8 Å². The number of hydrogen-bond donors (Lipinski definition) is 2. The molecule has 0 radical (unpaired) electrons. The minimum Gasteiger partial charge on any atom is -0.489 e. The van der Waals surface area contributed by atoms with Gasteiger partial charge in [-0.25, -0.2) is 4.79 Å². The molecule has 2 N–H and O–H groups in total. The molecule has 9 heteroatoms. The average molecular weight is 463 g/mol. The normalized spacial score (nSPS) is 11.0. The van der Waals surface area contributed by atoms with Gasteiger partial charge in [-0.2, -0.15) is 13.2 Å². The second-order valence-corrected chi connectivity index (χ2v) is 7.26. The quantitative estimate of drug-likeness (QED) is 0.474. The van der Waals surface area contributed by atoms with Gasteiger partial charge >= 0.3 is 12.2 Å². The topological polar surface area (TPSA) is 67.4 Å². The average Bonchev–Trinajstić information content (AvgIpc) is 2.73. The molecule has 0 aromatic heterocycles. The fourth-order valence-corrected chi connectivity index (χ4v) is 3.04. The van der Waals surface area contributed by atoms with Gasteiger partial charge in [0.2, 0.25) is 0 Å². The molecule has 0 aliphatic carbocycles. The van der Waals surface area contributed by atoms with Gasteiger partial charge in [0.05, 0.1) is 16.1 Å². The van der Waals surface area contributed by atoms with Gasteiger partial charge < -0.3 is 10.1 Å². The smallest absolute Gasteiger partial charge is 0.416 e. The third-order valence-corrected chi connectivity index (χ3v) is 4.78. The molecule has 3 aromatic carbocycles. The summed E-state index contributed by atoms with van der Waals surface area (Å²) in [7, 11) is 0. The van der Waals surface area contributed by atoms with E-state index in [0.29, 0.717) is 22.6 Å². The van der Waals surface area contributed by atoms with Crippen molar-refractivity contribution in [3.63, 3.8) is 0 Å². The summed E-state index contributed by atoms with van der Waals surface area (Å²) in [6.07, 6.45) is -4.39. The zero-order valence-electron chi connectivity index (χ0n) is 16.8. The molecule has 0 unspecified atom stereocenters. The van der Waals surface area contributed by atoms with Crippen molar-refractivity contribution < 1.29 is 27.5 Å². The van der Waals surface area contributed by atoms with Crippen molar-refractivity contribution in [1.29, 1.82) is 0 Å². The lowest BCUT2D eigenvalue weighted by Crippen LogP contribution is -2.34. The number of urea groups is 1. The van der Waals surface area contributed by atoms with E-state index in [2.05, 4.69) is 10.6 Å². The number of halogens is 4. The van der Waals surface area contributed by atoms with Gasteiger partial charge in [-0.15, -0.1) is 0 Å². The van der Waals surface area contributed by atoms with E-state index in [-0.39, 0.29) is 17.2 Å². The summed E-state index contributed by atoms with van der Waals surface area (Å²) < 4.78 is 43.6. The Balaban J connectivity index is 1.57. The lowest BCUT2D eigenvalue weighted by Gasteiger charge is -2.13. The molecule has 0 aliphatic heterocycles. The number of nitrogens with one attached hydrogen (secondary N) is 2. The van der Waals surface area contributed by atoms with Crippen LogP contribution in [0.25, 0.3) is 0 Å². The number of alkyl halides is 3. The predicted molar refractivity (Wildman–Crippen MR) is 115 cm³/mol. The van der Waals surface area contributed by atoms with E-state index in [4.69, 9.17) is 16.3 Å². The van der Waals surface area contributed by atoms with Crippen LogP contribution in [0.4, 0.5) is 23.7 Å². The maximum Gasteiger partial charge on any atom is 0.416 e. The maximum absolute atomic E-state index is 12.6. The number of carbonyl (C=O) groups excluding carboxylic acids is 2. The Morgan fingerprint density at radius 2 is 1.69 bits per heavy atom. The zero-order valence-corrected chi connectivity index (χ0v) is 17.6. The molecule has 3 amide bonds. The largest absolute Gasteiger partial charge is 0.489 e. The number of ether oxygens (including phenoxy) is 1. The number of imide groups is 1. The number of anilines is 1. The van der Waals surface area contributed by atoms with Crippen LogP contribution in [0.2, 0.25) is 5.02 Å². The van der Waals surface area contributed by atoms with Crippen LogP contribution in [0.3, 0.4) is 0 Å². The van der Waals surface area contributed by atoms with Crippen molar-refractivity contribution in [3.8, 4) is 5.75 Å². The Labute approximate surface area is 187 Å². The molecule has 0 saturated carbocycles. The first kappa shape index (κ1) is 23.1. The molecule has 0 atom stereocenters. The van der Waals surface area contributed by atoms with Crippen LogP contribution in [-0.2, 0) is 12.8 Å². The molecule has 0 heterocycles. The van der Waals surface area contributed by atoms with Gasteiger partial charge in [-0.3, -0.25) is 10.1 Å². The highest BCUT2D eigenvalue weighted by atomic mass is 35.5. The van der Waals surface area contributed by atoms with Crippen molar-refractivity contribution in [1.82, 2.24) is 5.32 Å². The summed E-state index contributed by atoms with van der Waals surface area (Å²) in [6, 6.07) is 15.2. The van der Waals surface area contributed by atoms with Crippen molar-refractivity contribution in [2.45, 2.75) is 19.7 Å². The molecule has 0 spiro atoms. The summed E-state index contributed by atoms with van der Waals surface area (Å²) in [5.41, 5.74) is 1.14. The first-order valence-corrected chi connectivity index (χ1v) is 9.78. The molecule has 32 heavy (non-hydrogen) atoms. The van der Waals surface area contributed by atoms with Crippen LogP contribution in [0.15, 0.2) is 66.7 Å². The van der Waals surface area contributed by atoms with E-state index in [1.165, 1.54) is 18.2 Å². The highest BCUT2D eigenvalue weighted by molar-refractivity contribution is 6.34. The van der Waals surface area contributed by atoms with E-state index < -0.39 is 23.7 Å². The number of rotatable bonds is 5. The molecule has 0 saturated heterocycles. The summed E-state index contributed by atoms with van der Waals surface area (Å²) in [5.74, 6) is -0.135. The zero-order chi connectivity index (χ0) is 23.3. The minimum atomic E-state index is -4.39. The second-order valence-electron chi connectivity index (χ2n) is 6.85. The van der Waals surface area contributed by atoms with Crippen LogP contribution >= 0.6 is 11.6 Å². The predicted octanol–water partition coefficient (Wildman–Crippen LogP) is 6.21. The highest BCUT2D eigenvalue weighted by Gasteiger charge is 2.29. The Morgan fingerprint density at radius 3 is 2.31 bits per heavy atom. The lowest BCUT2D eigenvalue weighted by molar-refractivity contribution is -0.137. The minimum absolute atomic E-state index is 0.0819. The van der Waals surface area contributed by atoms with Crippen molar-refractivity contribution in [2.24, 2.45) is 0 Å². The van der Waals surface area contributed by atoms with Gasteiger partial charge in [0, 0.05) is 5.69 Å². The number of benzene rings is 3. The molecule has 0 bridgehead atoms. The Morgan fingerprint density at radius 1 is 1.00 bits per heavy atom. The molecular weight excluding hydrogens is 445 g/mol. The van der Waals surface area contributed by atoms with Crippen molar-refractivity contribution in [3.05, 3.63) is 94.0 Å². The lowest BCUT2D eigenvalue weighted by atomic mass is 10.1. The Kier molecular flexibility index (Phi) is 7.05. The summed E-state index contributed by atoms with van der Waals surface area (Å²) >= 11 is 5.95. The first-order valence-electron chi connectivity index (χ1n) is 9.40. The SMILES string of the molecule is Cc1cc(NC(=O)NC(=O)c2ccccc2Cl)ccc1OCc1ccc(C(F)(F)F)cc1. The maximum atomic E-state index is 12.6. The number of hydrogen-bond acceptors (Lipinski definition) is 3. The van der Waals surface area contributed by atoms with E-state index >= 15 is 0 Å². The van der Waals surface area contributed by atoms with Crippen molar-refractivity contribution >= 4 is 29.2 Å². The molecule has 3 rings (SSSR count). The summed E-state index contributed by atoms with van der Waals surface area (Å²) in [4.78, 5) is 24.3. The standard InChI is InChI=1S/C23H18ClF3N2O3/c1-14-12-17(28-22(31)29-21(30)18-4-2-3-5-19(18)24)10-11-20(14)32-13-15-6-8-16(9-7-15)23(25,26)27/h2-12H,13H2,1H3,(H2,28,29,30,31). The molecule has 0 fully saturated rings. The van der Waals surface area contributed by atoms with Gasteiger partial charge in [-0.1, -0.05) is 35.9 Å². The van der Waals surface area contributed by atoms with Crippen LogP contribution in [0.1, 0.15) is 27.0 Å². The van der Waals surface area contributed by atoms with Gasteiger partial charge in [0.1, 0.15) is 12.4 Å². The fraction of sp³-hybridized carbons (Fsp3) is 0.130. The van der Waals surface area contributed by atoms with E-state index in [1.807, 2.05) is 0 Å². The van der Waals surface area contributed by atoms with Crippen LogP contribution < -0.4 is 15.4 Å². The summed E-state index contributed by atoms with van der Waals surface area (Å²) in [6.45, 7) is 1.83. The van der Waals surface area contributed by atoms with Crippen LogP contribution in [-0.4, -0.2) is 11.9 Å². The number of carbonyl (C=O) groups is 2. The van der Waals surface area contributed by atoms with Gasteiger partial charge in [0.15, 0.2) is 0 Å². The highest BCUT2D eigenvalue weighted by Crippen LogP contribution is 2.29. The van der Waals surface area contributed by atoms with Crippen LogP contribution in [0.5, 0.6) is 5.75 Å². The second kappa shape index (κ2) is 9.74. The van der Waals surface area contributed by atoms with E-state index in [1.54, 1.807) is 43.3 Å². The van der Waals surface area contributed by atoms with Gasteiger partial charge in [-0.05, 0) is 60.5 Å². The van der Waals surface area contributed by atoms with Crippen LogP contribution in [0, 0.1) is 6.92 Å². The first-order chi connectivity index (χ1) is 15.1. The third kappa shape index (κ3) is 6.01. The molecule has 0 aliphatic rings. The van der Waals surface area contributed by atoms with E-state index in [0.717, 1.165) is 12.1 Å². The summed E-state index contributed by atoms with van der Waals surface area (Å²) in [5, 5.41) is 4.97. The third-order valence-electron chi connectivity index (χ3n) is 4.45. The number of amides is 3. The number of aryl methyl sites for hydroxylation is 1. The molecule has 3 aromatic rings. The molecule has 166 valence electrons.